The van der Waals surface area contributed by atoms with E-state index in [0.29, 0.717) is 11.2 Å². The molecule has 0 spiro atoms. The molecule has 1 aromatic rings. The summed E-state index contributed by atoms with van der Waals surface area (Å²) in [5, 5.41) is 8.10. The first kappa shape index (κ1) is 12.6. The highest BCUT2D eigenvalue weighted by Gasteiger charge is 2.24. The molecule has 0 aliphatic carbocycles. The van der Waals surface area contributed by atoms with Crippen molar-refractivity contribution in [1.29, 1.82) is 0 Å². The standard InChI is InChI=1S/C12H19ClN4/c1-3-17-6-4-5-10(17)9-16(2)11-7-12(13)15-14-8-11/h7-8,10H,3-6,9H2,1-2H3. The van der Waals surface area contributed by atoms with Crippen molar-refractivity contribution < 1.29 is 0 Å². The van der Waals surface area contributed by atoms with Gasteiger partial charge in [-0.3, -0.25) is 4.90 Å². The highest BCUT2D eigenvalue weighted by Crippen LogP contribution is 2.20. The fourth-order valence-corrected chi connectivity index (χ4v) is 2.64. The largest absolute Gasteiger partial charge is 0.372 e. The van der Waals surface area contributed by atoms with E-state index in [-0.39, 0.29) is 0 Å². The molecule has 1 aromatic heterocycles. The maximum Gasteiger partial charge on any atom is 0.153 e. The Morgan fingerprint density at radius 3 is 3.12 bits per heavy atom. The molecule has 0 radical (unpaired) electrons. The number of rotatable bonds is 4. The van der Waals surface area contributed by atoms with Crippen LogP contribution in [0.15, 0.2) is 12.3 Å². The minimum atomic E-state index is 0.452. The number of nitrogens with zero attached hydrogens (tertiary/aromatic N) is 4. The van der Waals surface area contributed by atoms with E-state index < -0.39 is 0 Å². The zero-order valence-electron chi connectivity index (χ0n) is 10.4. The number of anilines is 1. The second kappa shape index (κ2) is 5.65. The minimum absolute atomic E-state index is 0.452. The Morgan fingerprint density at radius 1 is 1.59 bits per heavy atom. The Hall–Kier alpha value is -0.870. The highest BCUT2D eigenvalue weighted by molar-refractivity contribution is 6.29. The van der Waals surface area contributed by atoms with E-state index in [1.54, 1.807) is 6.20 Å². The van der Waals surface area contributed by atoms with Crippen LogP contribution < -0.4 is 4.90 Å². The summed E-state index contributed by atoms with van der Waals surface area (Å²) >= 11 is 5.85. The minimum Gasteiger partial charge on any atom is -0.372 e. The number of likely N-dealkylation sites (tertiary alicyclic amines) is 1. The molecule has 1 saturated heterocycles. The van der Waals surface area contributed by atoms with Crippen molar-refractivity contribution in [3.63, 3.8) is 0 Å². The molecule has 1 atom stereocenters. The molecule has 0 amide bonds. The zero-order valence-corrected chi connectivity index (χ0v) is 11.2. The first-order valence-corrected chi connectivity index (χ1v) is 6.52. The Kier molecular flexibility index (Phi) is 4.18. The average Bonchev–Trinajstić information content (AvgIpc) is 2.76. The third kappa shape index (κ3) is 3.07. The van der Waals surface area contributed by atoms with Crippen LogP contribution >= 0.6 is 11.6 Å². The van der Waals surface area contributed by atoms with Gasteiger partial charge in [0.25, 0.3) is 0 Å². The molecule has 2 rings (SSSR count). The first-order chi connectivity index (χ1) is 8.20. The summed E-state index contributed by atoms with van der Waals surface area (Å²) in [6.07, 6.45) is 4.35. The van der Waals surface area contributed by atoms with Crippen molar-refractivity contribution in [3.8, 4) is 0 Å². The van der Waals surface area contributed by atoms with Crippen LogP contribution in [-0.4, -0.2) is 47.8 Å². The smallest absolute Gasteiger partial charge is 0.153 e. The lowest BCUT2D eigenvalue weighted by molar-refractivity contribution is 0.270. The molecule has 1 aliphatic rings. The second-order valence-corrected chi connectivity index (χ2v) is 4.93. The summed E-state index contributed by atoms with van der Waals surface area (Å²) in [7, 11) is 2.08. The van der Waals surface area contributed by atoms with E-state index in [2.05, 4.69) is 34.0 Å². The number of hydrogen-bond acceptors (Lipinski definition) is 4. The van der Waals surface area contributed by atoms with Crippen LogP contribution in [0.25, 0.3) is 0 Å². The molecule has 4 nitrogen and oxygen atoms in total. The van der Waals surface area contributed by atoms with Crippen molar-refractivity contribution in [1.82, 2.24) is 15.1 Å². The van der Waals surface area contributed by atoms with Gasteiger partial charge in [-0.25, -0.2) is 0 Å². The molecule has 0 saturated carbocycles. The van der Waals surface area contributed by atoms with Gasteiger partial charge >= 0.3 is 0 Å². The Bertz CT molecular complexity index is 371. The average molecular weight is 255 g/mol. The maximum absolute atomic E-state index is 5.85. The van der Waals surface area contributed by atoms with Gasteiger partial charge in [0.2, 0.25) is 0 Å². The van der Waals surface area contributed by atoms with Crippen LogP contribution in [0.5, 0.6) is 0 Å². The number of hydrogen-bond donors (Lipinski definition) is 0. The Morgan fingerprint density at radius 2 is 2.41 bits per heavy atom. The topological polar surface area (TPSA) is 32.3 Å². The summed E-state index contributed by atoms with van der Waals surface area (Å²) in [5.74, 6) is 0. The van der Waals surface area contributed by atoms with E-state index >= 15 is 0 Å². The maximum atomic E-state index is 5.85. The van der Waals surface area contributed by atoms with E-state index in [1.807, 2.05) is 6.07 Å². The van der Waals surface area contributed by atoms with Crippen molar-refractivity contribution in [2.75, 3.05) is 31.6 Å². The lowest BCUT2D eigenvalue weighted by Gasteiger charge is -2.28. The third-order valence-corrected chi connectivity index (χ3v) is 3.63. The summed E-state index contributed by atoms with van der Waals surface area (Å²) < 4.78 is 0. The highest BCUT2D eigenvalue weighted by atomic mass is 35.5. The molecule has 2 heterocycles. The molecule has 17 heavy (non-hydrogen) atoms. The molecule has 1 aliphatic heterocycles. The van der Waals surface area contributed by atoms with Crippen molar-refractivity contribution in [2.45, 2.75) is 25.8 Å². The van der Waals surface area contributed by atoms with Gasteiger partial charge in [-0.05, 0) is 25.9 Å². The van der Waals surface area contributed by atoms with Gasteiger partial charge in [0.05, 0.1) is 11.9 Å². The molecule has 1 unspecified atom stereocenters. The zero-order chi connectivity index (χ0) is 12.3. The Labute approximate surface area is 108 Å². The molecular weight excluding hydrogens is 236 g/mol. The van der Waals surface area contributed by atoms with Crippen LogP contribution in [0.2, 0.25) is 5.15 Å². The monoisotopic (exact) mass is 254 g/mol. The van der Waals surface area contributed by atoms with Gasteiger partial charge in [-0.2, -0.15) is 5.10 Å². The van der Waals surface area contributed by atoms with Crippen LogP contribution in [0.1, 0.15) is 19.8 Å². The lowest BCUT2D eigenvalue weighted by atomic mass is 10.2. The fraction of sp³-hybridized carbons (Fsp3) is 0.667. The SMILES string of the molecule is CCN1CCCC1CN(C)c1cnnc(Cl)c1. The summed E-state index contributed by atoms with van der Waals surface area (Å²) in [5.41, 5.74) is 1.04. The molecule has 0 aromatic carbocycles. The van der Waals surface area contributed by atoms with Gasteiger partial charge in [-0.1, -0.05) is 18.5 Å². The summed E-state index contributed by atoms with van der Waals surface area (Å²) in [4.78, 5) is 4.74. The Balaban J connectivity index is 1.99. The fourth-order valence-electron chi connectivity index (χ4n) is 2.48. The summed E-state index contributed by atoms with van der Waals surface area (Å²) in [6, 6.07) is 2.51. The summed E-state index contributed by atoms with van der Waals surface area (Å²) in [6.45, 7) is 5.61. The predicted octanol–water partition coefficient (Wildman–Crippen LogP) is 2.05. The van der Waals surface area contributed by atoms with E-state index in [9.17, 15) is 0 Å². The van der Waals surface area contributed by atoms with Gasteiger partial charge in [0, 0.05) is 25.7 Å². The molecule has 1 fully saturated rings. The van der Waals surface area contributed by atoms with Crippen LogP contribution in [-0.2, 0) is 0 Å². The van der Waals surface area contributed by atoms with Crippen molar-refractivity contribution >= 4 is 17.3 Å². The van der Waals surface area contributed by atoms with Gasteiger partial charge < -0.3 is 4.90 Å². The number of halogens is 1. The number of likely N-dealkylation sites (N-methyl/N-ethyl adjacent to an activating group) is 2. The normalized spacial score (nSPS) is 20.8. The van der Waals surface area contributed by atoms with Crippen LogP contribution in [0.4, 0.5) is 5.69 Å². The first-order valence-electron chi connectivity index (χ1n) is 6.14. The second-order valence-electron chi connectivity index (χ2n) is 4.54. The van der Waals surface area contributed by atoms with E-state index in [1.165, 1.54) is 19.4 Å². The predicted molar refractivity (Wildman–Crippen MR) is 70.6 cm³/mol. The molecular formula is C12H19ClN4. The van der Waals surface area contributed by atoms with Crippen molar-refractivity contribution in [3.05, 3.63) is 17.4 Å². The van der Waals surface area contributed by atoms with Crippen molar-refractivity contribution in [2.24, 2.45) is 0 Å². The quantitative estimate of drug-likeness (QED) is 0.823. The van der Waals surface area contributed by atoms with E-state index in [0.717, 1.165) is 18.8 Å². The number of aromatic nitrogens is 2. The van der Waals surface area contributed by atoms with Gasteiger partial charge in [-0.15, -0.1) is 5.10 Å². The molecule has 5 heteroatoms. The molecule has 94 valence electrons. The third-order valence-electron chi connectivity index (χ3n) is 3.44. The molecule has 0 N–H and O–H groups in total. The van der Waals surface area contributed by atoms with E-state index in [4.69, 9.17) is 11.6 Å². The van der Waals surface area contributed by atoms with Crippen LogP contribution in [0, 0.1) is 0 Å². The van der Waals surface area contributed by atoms with Gasteiger partial charge in [0.15, 0.2) is 5.15 Å². The van der Waals surface area contributed by atoms with Crippen LogP contribution in [0.3, 0.4) is 0 Å². The molecule has 0 bridgehead atoms. The van der Waals surface area contributed by atoms with Gasteiger partial charge in [0.1, 0.15) is 0 Å². The lowest BCUT2D eigenvalue weighted by Crippen LogP contribution is -2.38.